The van der Waals surface area contributed by atoms with E-state index in [0.717, 1.165) is 0 Å². The van der Waals surface area contributed by atoms with E-state index in [4.69, 9.17) is 0 Å². The summed E-state index contributed by atoms with van der Waals surface area (Å²) in [6.07, 6.45) is 0.394. The SMILES string of the molecule is Cc1cc(N2CC(C(=O)NC3(C(=O)O)CCSC3)CC2=O)ccc1F. The van der Waals surface area contributed by atoms with E-state index in [1.54, 1.807) is 13.0 Å². The van der Waals surface area contributed by atoms with Crippen molar-refractivity contribution in [2.45, 2.75) is 25.3 Å². The Balaban J connectivity index is 1.72. The second-order valence-electron chi connectivity index (χ2n) is 6.52. The van der Waals surface area contributed by atoms with Gasteiger partial charge in [0.05, 0.1) is 5.92 Å². The van der Waals surface area contributed by atoms with Crippen molar-refractivity contribution in [2.24, 2.45) is 5.92 Å². The number of amides is 2. The molecule has 2 saturated heterocycles. The van der Waals surface area contributed by atoms with Gasteiger partial charge in [-0.15, -0.1) is 0 Å². The van der Waals surface area contributed by atoms with Gasteiger partial charge in [0.1, 0.15) is 11.4 Å². The summed E-state index contributed by atoms with van der Waals surface area (Å²) in [6.45, 7) is 1.77. The highest BCUT2D eigenvalue weighted by molar-refractivity contribution is 7.99. The maximum Gasteiger partial charge on any atom is 0.330 e. The van der Waals surface area contributed by atoms with Gasteiger partial charge >= 0.3 is 5.97 Å². The van der Waals surface area contributed by atoms with Gasteiger partial charge in [0.2, 0.25) is 11.8 Å². The Kier molecular flexibility index (Phi) is 4.73. The molecule has 0 saturated carbocycles. The normalized spacial score (nSPS) is 26.1. The van der Waals surface area contributed by atoms with Gasteiger partial charge in [0, 0.05) is 24.4 Å². The number of hydrogen-bond donors (Lipinski definition) is 2. The zero-order valence-corrected chi connectivity index (χ0v) is 14.6. The summed E-state index contributed by atoms with van der Waals surface area (Å²) in [6, 6.07) is 4.37. The highest BCUT2D eigenvalue weighted by atomic mass is 32.2. The average molecular weight is 366 g/mol. The molecule has 8 heteroatoms. The number of nitrogens with one attached hydrogen (secondary N) is 1. The van der Waals surface area contributed by atoms with Gasteiger partial charge in [-0.2, -0.15) is 11.8 Å². The van der Waals surface area contributed by atoms with Crippen molar-refractivity contribution in [1.29, 1.82) is 0 Å². The van der Waals surface area contributed by atoms with Crippen LogP contribution in [0.2, 0.25) is 0 Å². The lowest BCUT2D eigenvalue weighted by molar-refractivity contribution is -0.147. The standard InChI is InChI=1S/C17H19FN2O4S/c1-10-6-12(2-3-13(10)18)20-8-11(7-14(20)21)15(22)19-17(16(23)24)4-5-25-9-17/h2-3,6,11H,4-5,7-9H2,1H3,(H,19,22)(H,23,24). The lowest BCUT2D eigenvalue weighted by Gasteiger charge is -2.26. The number of hydrogen-bond acceptors (Lipinski definition) is 4. The molecule has 2 fully saturated rings. The summed E-state index contributed by atoms with van der Waals surface area (Å²) >= 11 is 1.49. The van der Waals surface area contributed by atoms with Gasteiger partial charge in [-0.05, 0) is 42.9 Å². The molecule has 0 aromatic heterocycles. The van der Waals surface area contributed by atoms with Crippen LogP contribution in [0.1, 0.15) is 18.4 Å². The number of rotatable bonds is 4. The number of carboxylic acid groups (broad SMARTS) is 1. The Morgan fingerprint density at radius 2 is 2.20 bits per heavy atom. The molecule has 1 aromatic carbocycles. The van der Waals surface area contributed by atoms with Crippen LogP contribution < -0.4 is 10.2 Å². The predicted octanol–water partition coefficient (Wildman–Crippen LogP) is 1.56. The lowest BCUT2D eigenvalue weighted by atomic mass is 9.97. The molecule has 0 bridgehead atoms. The van der Waals surface area contributed by atoms with Crippen LogP contribution in [-0.4, -0.2) is 46.5 Å². The molecule has 2 amide bonds. The fraction of sp³-hybridized carbons (Fsp3) is 0.471. The summed E-state index contributed by atoms with van der Waals surface area (Å²) in [5.41, 5.74) is -0.278. The van der Waals surface area contributed by atoms with Gasteiger partial charge < -0.3 is 15.3 Å². The van der Waals surface area contributed by atoms with E-state index in [0.29, 0.717) is 29.2 Å². The maximum absolute atomic E-state index is 13.4. The number of carbonyl (C=O) groups excluding carboxylic acids is 2. The molecule has 0 aliphatic carbocycles. The van der Waals surface area contributed by atoms with Gasteiger partial charge in [-0.1, -0.05) is 0 Å². The first kappa shape index (κ1) is 17.7. The van der Waals surface area contributed by atoms with Crippen LogP contribution >= 0.6 is 11.8 Å². The van der Waals surface area contributed by atoms with Crippen molar-refractivity contribution in [3.63, 3.8) is 0 Å². The van der Waals surface area contributed by atoms with Crippen LogP contribution in [-0.2, 0) is 14.4 Å². The third kappa shape index (κ3) is 3.35. The summed E-state index contributed by atoms with van der Waals surface area (Å²) in [7, 11) is 0. The lowest BCUT2D eigenvalue weighted by Crippen LogP contribution is -2.56. The Hall–Kier alpha value is -2.09. The maximum atomic E-state index is 13.4. The Morgan fingerprint density at radius 1 is 1.44 bits per heavy atom. The molecule has 6 nitrogen and oxygen atoms in total. The molecule has 1 aromatic rings. The summed E-state index contributed by atoms with van der Waals surface area (Å²) in [4.78, 5) is 37.8. The minimum absolute atomic E-state index is 0.0189. The quantitative estimate of drug-likeness (QED) is 0.845. The fourth-order valence-corrected chi connectivity index (χ4v) is 4.48. The number of carboxylic acids is 1. The van der Waals surface area contributed by atoms with Gasteiger partial charge in [-0.3, -0.25) is 9.59 Å². The molecule has 2 atom stereocenters. The van der Waals surface area contributed by atoms with Crippen molar-refractivity contribution < 1.29 is 23.9 Å². The number of benzene rings is 1. The molecule has 0 radical (unpaired) electrons. The van der Waals surface area contributed by atoms with Crippen molar-refractivity contribution in [1.82, 2.24) is 5.32 Å². The van der Waals surface area contributed by atoms with Crippen LogP contribution in [0.3, 0.4) is 0 Å². The number of halogens is 1. The molecular formula is C17H19FN2O4S. The smallest absolute Gasteiger partial charge is 0.330 e. The minimum Gasteiger partial charge on any atom is -0.479 e. The molecule has 3 rings (SSSR count). The number of anilines is 1. The zero-order chi connectivity index (χ0) is 18.2. The number of aryl methyl sites for hydroxylation is 1. The van der Waals surface area contributed by atoms with E-state index < -0.39 is 23.3 Å². The molecular weight excluding hydrogens is 347 g/mol. The molecule has 2 unspecified atom stereocenters. The first-order valence-electron chi connectivity index (χ1n) is 8.02. The van der Waals surface area contributed by atoms with Gasteiger partial charge in [0.25, 0.3) is 0 Å². The molecule has 2 N–H and O–H groups in total. The van der Waals surface area contributed by atoms with Crippen LogP contribution in [0, 0.1) is 18.7 Å². The van der Waals surface area contributed by atoms with Crippen molar-refractivity contribution >= 4 is 35.2 Å². The highest BCUT2D eigenvalue weighted by Gasteiger charge is 2.45. The zero-order valence-electron chi connectivity index (χ0n) is 13.8. The van der Waals surface area contributed by atoms with Gasteiger partial charge in [0.15, 0.2) is 0 Å². The highest BCUT2D eigenvalue weighted by Crippen LogP contribution is 2.31. The predicted molar refractivity (Wildman–Crippen MR) is 92.0 cm³/mol. The van der Waals surface area contributed by atoms with E-state index in [-0.39, 0.29) is 24.7 Å². The first-order chi connectivity index (χ1) is 11.8. The molecule has 2 aliphatic heterocycles. The average Bonchev–Trinajstić information content (AvgIpc) is 3.18. The van der Waals surface area contributed by atoms with Crippen molar-refractivity contribution in [3.05, 3.63) is 29.6 Å². The Bertz CT molecular complexity index is 733. The fourth-order valence-electron chi connectivity index (χ4n) is 3.15. The Morgan fingerprint density at radius 3 is 2.80 bits per heavy atom. The number of thioether (sulfide) groups is 1. The van der Waals surface area contributed by atoms with E-state index in [9.17, 15) is 23.9 Å². The number of nitrogens with zero attached hydrogens (tertiary/aromatic N) is 1. The van der Waals surface area contributed by atoms with Gasteiger partial charge in [-0.25, -0.2) is 9.18 Å². The number of carbonyl (C=O) groups is 3. The topological polar surface area (TPSA) is 86.7 Å². The van der Waals surface area contributed by atoms with E-state index in [1.807, 2.05) is 0 Å². The molecule has 2 heterocycles. The van der Waals surface area contributed by atoms with E-state index in [2.05, 4.69) is 5.32 Å². The number of aliphatic carboxylic acids is 1. The third-order valence-corrected chi connectivity index (χ3v) is 5.93. The van der Waals surface area contributed by atoms with Crippen LogP contribution in [0.4, 0.5) is 10.1 Å². The van der Waals surface area contributed by atoms with E-state index in [1.165, 1.54) is 28.8 Å². The third-order valence-electron chi connectivity index (χ3n) is 4.74. The first-order valence-corrected chi connectivity index (χ1v) is 9.17. The van der Waals surface area contributed by atoms with Crippen LogP contribution in [0.5, 0.6) is 0 Å². The second kappa shape index (κ2) is 6.67. The monoisotopic (exact) mass is 366 g/mol. The molecule has 134 valence electrons. The summed E-state index contributed by atoms with van der Waals surface area (Å²) in [5.74, 6) is -1.64. The van der Waals surface area contributed by atoms with Crippen molar-refractivity contribution in [2.75, 3.05) is 23.0 Å². The summed E-state index contributed by atoms with van der Waals surface area (Å²) in [5, 5.41) is 12.1. The largest absolute Gasteiger partial charge is 0.479 e. The van der Waals surface area contributed by atoms with Crippen LogP contribution in [0.25, 0.3) is 0 Å². The van der Waals surface area contributed by atoms with Crippen LogP contribution in [0.15, 0.2) is 18.2 Å². The molecule has 2 aliphatic rings. The van der Waals surface area contributed by atoms with E-state index >= 15 is 0 Å². The minimum atomic E-state index is -1.25. The molecule has 25 heavy (non-hydrogen) atoms. The molecule has 0 spiro atoms. The second-order valence-corrected chi connectivity index (χ2v) is 7.62. The summed E-state index contributed by atoms with van der Waals surface area (Å²) < 4.78 is 13.4. The van der Waals surface area contributed by atoms with Crippen molar-refractivity contribution in [3.8, 4) is 0 Å². The Labute approximate surface area is 148 Å².